The number of amides is 3. The van der Waals surface area contributed by atoms with Crippen LogP contribution in [0.1, 0.15) is 85.7 Å². The van der Waals surface area contributed by atoms with Crippen LogP contribution in [0.2, 0.25) is 0 Å². The largest absolute Gasteiger partial charge is 0.481 e. The Kier molecular flexibility index (Phi) is 14.8. The van der Waals surface area contributed by atoms with Crippen molar-refractivity contribution in [2.24, 2.45) is 22.7 Å². The standard InChI is InChI=1S/C49H56N14O14/c1-47(2)24-14-15-48(47,3)31(16-24)77-46(76)63-34-36(60-45(51)62-40(34)69)55-21-49(63,20-54-26-10-6-22(7-11-26)37(66)57-29(42(72)73)12-13-32(64)65)28(41(70)71)17-30(43(74)75)58-38(67)23-4-8-25(9-5-23)52-18-27-19-53-35-33(56-27)39(68)61-44(50)59-35/h4-11,19,24,28-31,52,54H,12-18,20-21H2,1-3H3,(H,57,66)(H,58,67)(H,64,65)(H,70,71)(H,72,73)(H,74,75)(H3,50,53,59,61,68)(H4,51,55,60,62,69)/t24?,28?,29?,30?,31?,48?,49-/m1/s1. The predicted octanol–water partition coefficient (Wildman–Crippen LogP) is 2.03. The van der Waals surface area contributed by atoms with Crippen LogP contribution in [0.5, 0.6) is 0 Å². The van der Waals surface area contributed by atoms with E-state index in [0.717, 1.165) is 11.3 Å². The molecule has 77 heavy (non-hydrogen) atoms. The predicted molar refractivity (Wildman–Crippen MR) is 274 cm³/mol. The number of aromatic amines is 2. The smallest absolute Gasteiger partial charge is 0.415 e. The maximum Gasteiger partial charge on any atom is 0.415 e. The third kappa shape index (κ3) is 10.8. The summed E-state index contributed by atoms with van der Waals surface area (Å²) in [4.78, 5) is 141. The third-order valence-corrected chi connectivity index (χ3v) is 15.4. The zero-order valence-corrected chi connectivity index (χ0v) is 41.7. The highest BCUT2D eigenvalue weighted by atomic mass is 16.6. The van der Waals surface area contributed by atoms with E-state index in [1.165, 1.54) is 54.7 Å². The number of aliphatic carboxylic acids is 4. The summed E-state index contributed by atoms with van der Waals surface area (Å²) in [6, 6.07) is 7.63. The van der Waals surface area contributed by atoms with Gasteiger partial charge in [0.05, 0.1) is 29.9 Å². The first-order chi connectivity index (χ1) is 36.4. The number of carboxylic acid groups (broad SMARTS) is 4. The number of ether oxygens (including phenoxy) is 1. The Labute approximate surface area is 435 Å². The number of fused-ring (bicyclic) bond motifs is 4. The molecule has 3 aliphatic rings. The Morgan fingerprint density at radius 3 is 1.96 bits per heavy atom. The minimum absolute atomic E-state index is 0.0300. The maximum absolute atomic E-state index is 15.2. The summed E-state index contributed by atoms with van der Waals surface area (Å²) in [5, 5.41) is 54.4. The highest BCUT2D eigenvalue weighted by Crippen LogP contribution is 2.66. The highest BCUT2D eigenvalue weighted by Gasteiger charge is 2.64. The number of nitrogens with zero attached hydrogens (tertiary/aromatic N) is 5. The SMILES string of the molecule is CC1(C)C2CCC1(C)C(OC(=O)N1c3c(nc(N)[nH]c3=O)NC[C@]1(CNc1ccc(C(=O)NC(CCC(=O)O)C(=O)O)cc1)C(CC(NC(=O)c1ccc(NCc3cnc4nc(N)[nH]c(=O)c4n3)cc1)C(=O)O)C(=O)O)C2. The molecule has 2 aliphatic carbocycles. The second-order valence-electron chi connectivity index (χ2n) is 20.1. The van der Waals surface area contributed by atoms with E-state index in [9.17, 15) is 53.7 Å². The van der Waals surface area contributed by atoms with Gasteiger partial charge < -0.3 is 63.2 Å². The van der Waals surface area contributed by atoms with Crippen LogP contribution in [0, 0.1) is 22.7 Å². The van der Waals surface area contributed by atoms with E-state index < -0.39 is 126 Å². The van der Waals surface area contributed by atoms with Gasteiger partial charge in [-0.3, -0.25) is 43.6 Å². The molecule has 28 nitrogen and oxygen atoms in total. The van der Waals surface area contributed by atoms with Crippen molar-refractivity contribution >= 4 is 87.7 Å². The number of benzene rings is 2. The first-order valence-electron chi connectivity index (χ1n) is 24.3. The van der Waals surface area contributed by atoms with Crippen LogP contribution in [0.15, 0.2) is 64.3 Å². The first-order valence-corrected chi connectivity index (χ1v) is 24.3. The maximum atomic E-state index is 15.2. The molecule has 0 radical (unpaired) electrons. The monoisotopic (exact) mass is 1060 g/mol. The molecule has 8 rings (SSSR count). The average Bonchev–Trinajstić information content (AvgIpc) is 3.73. The minimum Gasteiger partial charge on any atom is -0.481 e. The third-order valence-electron chi connectivity index (χ3n) is 15.4. The van der Waals surface area contributed by atoms with Crippen molar-refractivity contribution in [2.75, 3.05) is 45.4 Å². The molecule has 2 saturated carbocycles. The second kappa shape index (κ2) is 21.1. The number of hydrogen-bond donors (Lipinski definition) is 13. The van der Waals surface area contributed by atoms with Crippen LogP contribution in [0.4, 0.5) is 39.6 Å². The second-order valence-corrected chi connectivity index (χ2v) is 20.1. The van der Waals surface area contributed by atoms with Crippen LogP contribution in [-0.2, 0) is 30.5 Å². The van der Waals surface area contributed by atoms with Crippen LogP contribution in [0.25, 0.3) is 11.2 Å². The van der Waals surface area contributed by atoms with Crippen LogP contribution >= 0.6 is 0 Å². The molecule has 2 bridgehead atoms. The van der Waals surface area contributed by atoms with Gasteiger partial charge in [0.15, 0.2) is 22.7 Å². The normalized spacial score (nSPS) is 21.1. The summed E-state index contributed by atoms with van der Waals surface area (Å²) in [6.07, 6.45) is -0.236. The van der Waals surface area contributed by atoms with Gasteiger partial charge in [-0.2, -0.15) is 9.97 Å². The fourth-order valence-corrected chi connectivity index (χ4v) is 10.7. The Balaban J connectivity index is 1.10. The molecule has 5 aromatic rings. The molecule has 4 heterocycles. The molecule has 3 amide bonds. The lowest BCUT2D eigenvalue weighted by Gasteiger charge is -2.50. The number of H-pyrrole nitrogens is 2. The molecular weight excluding hydrogens is 1010 g/mol. The summed E-state index contributed by atoms with van der Waals surface area (Å²) in [5.41, 5.74) is 7.44. The molecular formula is C49H56N14O14. The lowest BCUT2D eigenvalue weighted by atomic mass is 9.70. The zero-order valence-electron chi connectivity index (χ0n) is 41.7. The molecule has 6 unspecified atom stereocenters. The van der Waals surface area contributed by atoms with E-state index in [1.54, 1.807) is 0 Å². The van der Waals surface area contributed by atoms with E-state index in [2.05, 4.69) is 70.3 Å². The first kappa shape index (κ1) is 53.9. The molecule has 0 saturated heterocycles. The highest BCUT2D eigenvalue weighted by molar-refractivity contribution is 5.99. The van der Waals surface area contributed by atoms with Gasteiger partial charge in [-0.1, -0.05) is 20.8 Å². The Morgan fingerprint density at radius 2 is 1.39 bits per heavy atom. The van der Waals surface area contributed by atoms with E-state index >= 15 is 4.79 Å². The number of carbonyl (C=O) groups excluding carboxylic acids is 3. The summed E-state index contributed by atoms with van der Waals surface area (Å²) in [5.74, 6) is -10.3. The van der Waals surface area contributed by atoms with Crippen LogP contribution in [0.3, 0.4) is 0 Å². The molecule has 15 N–H and O–H groups in total. The van der Waals surface area contributed by atoms with E-state index in [-0.39, 0.29) is 63.6 Å². The van der Waals surface area contributed by atoms with E-state index in [4.69, 9.17) is 21.3 Å². The lowest BCUT2D eigenvalue weighted by molar-refractivity contribution is -0.146. The topological polar surface area (TPSA) is 442 Å². The van der Waals surface area contributed by atoms with Crippen molar-refractivity contribution in [3.63, 3.8) is 0 Å². The average molecular weight is 1070 g/mol. The summed E-state index contributed by atoms with van der Waals surface area (Å²) in [7, 11) is 0. The Morgan fingerprint density at radius 1 is 0.792 bits per heavy atom. The molecule has 406 valence electrons. The van der Waals surface area contributed by atoms with Gasteiger partial charge in [0.25, 0.3) is 22.9 Å². The van der Waals surface area contributed by atoms with E-state index in [0.29, 0.717) is 24.2 Å². The summed E-state index contributed by atoms with van der Waals surface area (Å²) in [6.45, 7) is 5.15. The summed E-state index contributed by atoms with van der Waals surface area (Å²) < 4.78 is 6.37. The van der Waals surface area contributed by atoms with Gasteiger partial charge in [0, 0.05) is 47.4 Å². The van der Waals surface area contributed by atoms with Gasteiger partial charge in [-0.15, -0.1) is 0 Å². The number of nitrogen functional groups attached to an aromatic ring is 2. The van der Waals surface area contributed by atoms with E-state index in [1.807, 2.05) is 6.92 Å². The fourth-order valence-electron chi connectivity index (χ4n) is 10.7. The van der Waals surface area contributed by atoms with Crippen molar-refractivity contribution < 1.29 is 58.7 Å². The molecule has 0 spiro atoms. The van der Waals surface area contributed by atoms with Crippen molar-refractivity contribution in [3.8, 4) is 0 Å². The molecule has 2 fully saturated rings. The van der Waals surface area contributed by atoms with Gasteiger partial charge in [0.1, 0.15) is 18.2 Å². The number of aromatic nitrogens is 6. The van der Waals surface area contributed by atoms with Gasteiger partial charge in [0.2, 0.25) is 11.9 Å². The van der Waals surface area contributed by atoms with Crippen LogP contribution in [-0.4, -0.2) is 129 Å². The van der Waals surface area contributed by atoms with Crippen molar-refractivity contribution in [3.05, 3.63) is 92.3 Å². The molecule has 2 aromatic carbocycles. The number of rotatable bonds is 20. The number of carbonyl (C=O) groups is 7. The number of nitrogens with two attached hydrogens (primary N) is 2. The van der Waals surface area contributed by atoms with Crippen molar-refractivity contribution in [1.29, 1.82) is 0 Å². The quantitative estimate of drug-likeness (QED) is 0.0530. The molecule has 1 aliphatic heterocycles. The molecule has 3 aromatic heterocycles. The minimum atomic E-state index is -2.21. The van der Waals surface area contributed by atoms with Gasteiger partial charge >= 0.3 is 30.0 Å². The van der Waals surface area contributed by atoms with Crippen molar-refractivity contribution in [1.82, 2.24) is 40.5 Å². The molecule has 28 heteroatoms. The van der Waals surface area contributed by atoms with Crippen LogP contribution < -0.4 is 54.1 Å². The number of hydrogen-bond acceptors (Lipinski definition) is 19. The number of anilines is 6. The van der Waals surface area contributed by atoms with Gasteiger partial charge in [-0.05, 0) is 92.0 Å². The Bertz CT molecular complexity index is 3300. The Hall–Kier alpha value is -9.37. The molecule has 7 atom stereocenters. The van der Waals surface area contributed by atoms with Gasteiger partial charge in [-0.25, -0.2) is 24.4 Å². The summed E-state index contributed by atoms with van der Waals surface area (Å²) >= 11 is 0. The lowest BCUT2D eigenvalue weighted by Crippen LogP contribution is -2.70. The van der Waals surface area contributed by atoms with Crippen molar-refractivity contribution in [2.45, 2.75) is 89.6 Å². The zero-order chi connectivity index (χ0) is 55.7. The number of nitrogens with one attached hydrogen (secondary N) is 7. The number of carboxylic acids is 4. The fraction of sp³-hybridized carbons (Fsp3) is 0.408.